The fraction of sp³-hybridized carbons (Fsp3) is 1.00. The van der Waals surface area contributed by atoms with Crippen molar-refractivity contribution in [3.8, 4) is 0 Å². The fourth-order valence-electron chi connectivity index (χ4n) is 1.50. The van der Waals surface area contributed by atoms with Crippen molar-refractivity contribution in [3.63, 3.8) is 0 Å². The van der Waals surface area contributed by atoms with E-state index in [9.17, 15) is 26.3 Å². The van der Waals surface area contributed by atoms with Crippen LogP contribution >= 0.6 is 0 Å². The Morgan fingerprint density at radius 3 is 2.00 bits per heavy atom. The second-order valence-corrected chi connectivity index (χ2v) is 3.95. The Kier molecular flexibility index (Phi) is 5.83. The van der Waals surface area contributed by atoms with Crippen molar-refractivity contribution in [1.29, 1.82) is 0 Å². The number of piperazine rings is 1. The minimum atomic E-state index is -5.50. The molecule has 0 saturated carbocycles. The first-order valence-electron chi connectivity index (χ1n) is 5.47. The SMILES string of the molecule is FC(F)(F)C(OCOCN1CCNCC1)C(F)(F)F. The van der Waals surface area contributed by atoms with Crippen molar-refractivity contribution in [3.05, 3.63) is 0 Å². The predicted molar refractivity (Wildman–Crippen MR) is 52.2 cm³/mol. The first-order chi connectivity index (χ1) is 8.71. The van der Waals surface area contributed by atoms with E-state index in [1.54, 1.807) is 4.90 Å². The van der Waals surface area contributed by atoms with Crippen LogP contribution in [0, 0.1) is 0 Å². The van der Waals surface area contributed by atoms with E-state index in [-0.39, 0.29) is 6.73 Å². The third-order valence-corrected chi connectivity index (χ3v) is 2.40. The highest BCUT2D eigenvalue weighted by Crippen LogP contribution is 2.35. The average molecular weight is 296 g/mol. The van der Waals surface area contributed by atoms with Crippen LogP contribution in [0.1, 0.15) is 0 Å². The van der Waals surface area contributed by atoms with Gasteiger partial charge in [-0.1, -0.05) is 0 Å². The predicted octanol–water partition coefficient (Wildman–Crippen LogP) is 1.33. The molecule has 1 aliphatic rings. The summed E-state index contributed by atoms with van der Waals surface area (Å²) >= 11 is 0. The third-order valence-electron chi connectivity index (χ3n) is 2.40. The summed E-state index contributed by atoms with van der Waals surface area (Å²) < 4.78 is 80.9. The molecule has 1 saturated heterocycles. The van der Waals surface area contributed by atoms with Gasteiger partial charge in [0.1, 0.15) is 13.5 Å². The first kappa shape index (κ1) is 16.5. The second kappa shape index (κ2) is 6.73. The smallest absolute Gasteiger partial charge is 0.340 e. The molecule has 1 rings (SSSR count). The minimum Gasteiger partial charge on any atom is -0.340 e. The van der Waals surface area contributed by atoms with Crippen LogP contribution in [-0.2, 0) is 9.47 Å². The Hall–Kier alpha value is -0.580. The Bertz CT molecular complexity index is 250. The average Bonchev–Trinajstić information content (AvgIpc) is 2.26. The van der Waals surface area contributed by atoms with Crippen LogP contribution in [0.3, 0.4) is 0 Å². The highest BCUT2D eigenvalue weighted by molar-refractivity contribution is 4.75. The van der Waals surface area contributed by atoms with E-state index in [0.29, 0.717) is 26.2 Å². The van der Waals surface area contributed by atoms with Crippen LogP contribution in [0.25, 0.3) is 0 Å². The molecule has 4 nitrogen and oxygen atoms in total. The van der Waals surface area contributed by atoms with Crippen molar-refractivity contribution < 1.29 is 35.8 Å². The van der Waals surface area contributed by atoms with Crippen LogP contribution in [0.4, 0.5) is 26.3 Å². The molecule has 10 heteroatoms. The lowest BCUT2D eigenvalue weighted by Crippen LogP contribution is -2.46. The lowest BCUT2D eigenvalue weighted by molar-refractivity contribution is -0.336. The Labute approximate surface area is 105 Å². The zero-order valence-corrected chi connectivity index (χ0v) is 9.85. The molecule has 0 aromatic heterocycles. The molecule has 0 aliphatic carbocycles. The van der Waals surface area contributed by atoms with E-state index in [1.807, 2.05) is 0 Å². The van der Waals surface area contributed by atoms with Gasteiger partial charge in [-0.15, -0.1) is 0 Å². The summed E-state index contributed by atoms with van der Waals surface area (Å²) in [4.78, 5) is 1.75. The van der Waals surface area contributed by atoms with Gasteiger partial charge in [-0.3, -0.25) is 4.90 Å². The number of alkyl halides is 6. The molecular weight excluding hydrogens is 282 g/mol. The van der Waals surface area contributed by atoms with Gasteiger partial charge in [0.25, 0.3) is 6.10 Å². The van der Waals surface area contributed by atoms with E-state index in [1.165, 1.54) is 0 Å². The molecule has 1 fully saturated rings. The van der Waals surface area contributed by atoms with Gasteiger partial charge in [0.15, 0.2) is 0 Å². The van der Waals surface area contributed by atoms with E-state index < -0.39 is 25.2 Å². The van der Waals surface area contributed by atoms with Crippen molar-refractivity contribution in [1.82, 2.24) is 10.2 Å². The topological polar surface area (TPSA) is 33.7 Å². The molecule has 0 bridgehead atoms. The molecule has 0 radical (unpaired) electrons. The zero-order valence-electron chi connectivity index (χ0n) is 9.85. The molecule has 19 heavy (non-hydrogen) atoms. The maximum Gasteiger partial charge on any atom is 0.423 e. The van der Waals surface area contributed by atoms with Crippen LogP contribution in [0.15, 0.2) is 0 Å². The van der Waals surface area contributed by atoms with Crippen LogP contribution < -0.4 is 5.32 Å². The summed E-state index contributed by atoms with van der Waals surface area (Å²) in [6, 6.07) is 0. The molecule has 0 spiro atoms. The number of ether oxygens (including phenoxy) is 2. The molecule has 1 N–H and O–H groups in total. The Morgan fingerprint density at radius 1 is 1.00 bits per heavy atom. The molecular formula is C9H14F6N2O2. The normalized spacial score (nSPS) is 19.1. The summed E-state index contributed by atoms with van der Waals surface area (Å²) in [7, 11) is 0. The lowest BCUT2D eigenvalue weighted by Gasteiger charge is -2.27. The standard InChI is InChI=1S/C9H14F6N2O2/c10-8(11,12)7(9(13,14)15)19-6-18-5-17-3-1-16-2-4-17/h7,16H,1-6H2. The molecule has 0 aromatic rings. The van der Waals surface area contributed by atoms with Gasteiger partial charge in [-0.05, 0) is 0 Å². The second-order valence-electron chi connectivity index (χ2n) is 3.95. The van der Waals surface area contributed by atoms with Crippen LogP contribution in [0.2, 0.25) is 0 Å². The van der Waals surface area contributed by atoms with Gasteiger partial charge in [-0.25, -0.2) is 0 Å². The van der Waals surface area contributed by atoms with Crippen molar-refractivity contribution in [2.24, 2.45) is 0 Å². The molecule has 114 valence electrons. The number of nitrogens with one attached hydrogen (secondary N) is 1. The van der Waals surface area contributed by atoms with E-state index in [0.717, 1.165) is 0 Å². The van der Waals surface area contributed by atoms with Gasteiger partial charge in [-0.2, -0.15) is 26.3 Å². The lowest BCUT2D eigenvalue weighted by atomic mass is 10.3. The summed E-state index contributed by atoms with van der Waals surface area (Å²) in [5.41, 5.74) is 0. The van der Waals surface area contributed by atoms with E-state index in [2.05, 4.69) is 14.8 Å². The van der Waals surface area contributed by atoms with Gasteiger partial charge in [0.05, 0.1) is 0 Å². The number of halogens is 6. The summed E-state index contributed by atoms with van der Waals surface area (Å²) in [6.07, 6.45) is -14.8. The monoisotopic (exact) mass is 296 g/mol. The molecule has 0 unspecified atom stereocenters. The van der Waals surface area contributed by atoms with Gasteiger partial charge >= 0.3 is 12.4 Å². The van der Waals surface area contributed by atoms with Crippen LogP contribution in [-0.4, -0.2) is 63.1 Å². The van der Waals surface area contributed by atoms with Gasteiger partial charge in [0, 0.05) is 26.2 Å². The number of hydrogen-bond acceptors (Lipinski definition) is 4. The van der Waals surface area contributed by atoms with E-state index in [4.69, 9.17) is 0 Å². The quantitative estimate of drug-likeness (QED) is 0.471. The number of hydrogen-bond donors (Lipinski definition) is 1. The number of rotatable bonds is 5. The maximum absolute atomic E-state index is 12.1. The first-order valence-corrected chi connectivity index (χ1v) is 5.47. The fourth-order valence-corrected chi connectivity index (χ4v) is 1.50. The highest BCUT2D eigenvalue weighted by atomic mass is 19.4. The maximum atomic E-state index is 12.1. The van der Waals surface area contributed by atoms with Gasteiger partial charge < -0.3 is 14.8 Å². The number of nitrogens with zero attached hydrogens (tertiary/aromatic N) is 1. The minimum absolute atomic E-state index is 0.0654. The highest BCUT2D eigenvalue weighted by Gasteiger charge is 2.58. The van der Waals surface area contributed by atoms with Crippen molar-refractivity contribution in [2.45, 2.75) is 18.5 Å². The summed E-state index contributed by atoms with van der Waals surface area (Å²) in [6.45, 7) is 1.48. The summed E-state index contributed by atoms with van der Waals surface area (Å²) in [5.74, 6) is 0. The Morgan fingerprint density at radius 2 is 1.53 bits per heavy atom. The van der Waals surface area contributed by atoms with Crippen LogP contribution in [0.5, 0.6) is 0 Å². The van der Waals surface area contributed by atoms with E-state index >= 15 is 0 Å². The molecule has 0 aromatic carbocycles. The molecule has 1 heterocycles. The zero-order chi connectivity index (χ0) is 14.5. The third kappa shape index (κ3) is 5.93. The molecule has 0 amide bonds. The largest absolute Gasteiger partial charge is 0.423 e. The molecule has 1 aliphatic heterocycles. The summed E-state index contributed by atoms with van der Waals surface area (Å²) in [5, 5.41) is 3.04. The van der Waals surface area contributed by atoms with Gasteiger partial charge in [0.2, 0.25) is 0 Å². The molecule has 0 atom stereocenters. The Balaban J connectivity index is 2.28. The van der Waals surface area contributed by atoms with Crippen molar-refractivity contribution in [2.75, 3.05) is 39.7 Å². The van der Waals surface area contributed by atoms with Crippen molar-refractivity contribution >= 4 is 0 Å².